The fourth-order valence-electron chi connectivity index (χ4n) is 1.63. The molecule has 0 saturated carbocycles. The van der Waals surface area contributed by atoms with E-state index in [0.717, 1.165) is 0 Å². The lowest BCUT2D eigenvalue weighted by molar-refractivity contribution is -0.153. The van der Waals surface area contributed by atoms with Gasteiger partial charge in [-0.05, 0) is 39.0 Å². The Balaban J connectivity index is 2.85. The molecule has 0 spiro atoms. The van der Waals surface area contributed by atoms with E-state index in [1.165, 1.54) is 18.0 Å². The maximum atomic E-state index is 12.3. The van der Waals surface area contributed by atoms with Crippen LogP contribution in [0.2, 0.25) is 0 Å². The quantitative estimate of drug-likeness (QED) is 0.735. The van der Waals surface area contributed by atoms with Crippen LogP contribution < -0.4 is 4.74 Å². The number of carbonyl (C=O) groups is 1. The van der Waals surface area contributed by atoms with E-state index in [2.05, 4.69) is 15.9 Å². The molecule has 0 bridgehead atoms. The van der Waals surface area contributed by atoms with E-state index in [4.69, 9.17) is 9.47 Å². The molecule has 0 heterocycles. The van der Waals surface area contributed by atoms with E-state index < -0.39 is 24.5 Å². The third kappa shape index (κ3) is 7.58. The summed E-state index contributed by atoms with van der Waals surface area (Å²) in [5, 5.41) is 0. The van der Waals surface area contributed by atoms with Crippen LogP contribution in [0.4, 0.5) is 18.0 Å². The number of alkyl halides is 3. The molecule has 0 atom stereocenters. The second-order valence-electron chi connectivity index (χ2n) is 5.99. The van der Waals surface area contributed by atoms with E-state index in [1.54, 1.807) is 32.9 Å². The molecule has 1 aromatic carbocycles. The summed E-state index contributed by atoms with van der Waals surface area (Å²) in [5.74, 6) is 0.0703. The van der Waals surface area contributed by atoms with Crippen molar-refractivity contribution in [2.45, 2.75) is 39.1 Å². The van der Waals surface area contributed by atoms with Crippen molar-refractivity contribution in [1.29, 1.82) is 0 Å². The van der Waals surface area contributed by atoms with Crippen molar-refractivity contribution in [1.82, 2.24) is 4.90 Å². The van der Waals surface area contributed by atoms with E-state index in [1.807, 2.05) is 0 Å². The Kier molecular flexibility index (Phi) is 6.33. The molecule has 0 fully saturated rings. The third-order valence-electron chi connectivity index (χ3n) is 2.53. The third-order valence-corrected chi connectivity index (χ3v) is 3.02. The minimum atomic E-state index is -4.43. The Labute approximate surface area is 141 Å². The van der Waals surface area contributed by atoms with Gasteiger partial charge in [0.05, 0.1) is 6.54 Å². The van der Waals surface area contributed by atoms with Crippen LogP contribution in [0.25, 0.3) is 0 Å². The monoisotopic (exact) mass is 397 g/mol. The molecule has 4 nitrogen and oxygen atoms in total. The van der Waals surface area contributed by atoms with Gasteiger partial charge < -0.3 is 14.4 Å². The fraction of sp³-hybridized carbons (Fsp3) is 0.533. The zero-order valence-corrected chi connectivity index (χ0v) is 14.9. The van der Waals surface area contributed by atoms with Crippen molar-refractivity contribution in [2.24, 2.45) is 0 Å². The predicted molar refractivity (Wildman–Crippen MR) is 83.4 cm³/mol. The highest BCUT2D eigenvalue weighted by Crippen LogP contribution is 2.27. The van der Waals surface area contributed by atoms with Crippen molar-refractivity contribution in [3.05, 3.63) is 28.2 Å². The average Bonchev–Trinajstić information content (AvgIpc) is 2.34. The van der Waals surface area contributed by atoms with Crippen molar-refractivity contribution in [3.8, 4) is 5.75 Å². The Bertz CT molecular complexity index is 556. The lowest BCUT2D eigenvalue weighted by Crippen LogP contribution is -2.34. The lowest BCUT2D eigenvalue weighted by Gasteiger charge is -2.25. The van der Waals surface area contributed by atoms with Gasteiger partial charge >= 0.3 is 12.3 Å². The second-order valence-corrected chi connectivity index (χ2v) is 6.91. The summed E-state index contributed by atoms with van der Waals surface area (Å²) >= 11 is 3.25. The van der Waals surface area contributed by atoms with Crippen molar-refractivity contribution in [2.75, 3.05) is 13.7 Å². The minimum absolute atomic E-state index is 0.0571. The minimum Gasteiger partial charge on any atom is -0.484 e. The molecule has 130 valence electrons. The topological polar surface area (TPSA) is 38.8 Å². The number of amides is 1. The molecular formula is C15H19BrF3NO3. The van der Waals surface area contributed by atoms with Gasteiger partial charge in [0.2, 0.25) is 0 Å². The first-order valence-electron chi connectivity index (χ1n) is 6.79. The predicted octanol–water partition coefficient (Wildman–Crippen LogP) is 4.76. The number of rotatable bonds is 4. The first-order chi connectivity index (χ1) is 10.4. The Hall–Kier alpha value is -1.44. The molecule has 0 aliphatic rings. The summed E-state index contributed by atoms with van der Waals surface area (Å²) in [6, 6.07) is 4.60. The molecule has 1 aromatic rings. The van der Waals surface area contributed by atoms with E-state index in [0.29, 0.717) is 10.0 Å². The molecule has 0 saturated heterocycles. The SMILES string of the molecule is CN(Cc1cc(Br)ccc1OCC(F)(F)F)C(=O)OC(C)(C)C. The van der Waals surface area contributed by atoms with Crippen LogP contribution in [0.15, 0.2) is 22.7 Å². The van der Waals surface area contributed by atoms with Crippen molar-refractivity contribution >= 4 is 22.0 Å². The molecule has 1 amide bonds. The zero-order valence-electron chi connectivity index (χ0n) is 13.3. The summed E-state index contributed by atoms with van der Waals surface area (Å²) in [4.78, 5) is 13.2. The van der Waals surface area contributed by atoms with E-state index >= 15 is 0 Å². The summed E-state index contributed by atoms with van der Waals surface area (Å²) in [6.45, 7) is 3.86. The molecule has 0 N–H and O–H groups in total. The zero-order chi connectivity index (χ0) is 17.8. The number of halogens is 4. The van der Waals surface area contributed by atoms with Crippen LogP contribution in [0, 0.1) is 0 Å². The average molecular weight is 398 g/mol. The van der Waals surface area contributed by atoms with Gasteiger partial charge in [-0.3, -0.25) is 0 Å². The van der Waals surface area contributed by atoms with Crippen LogP contribution >= 0.6 is 15.9 Å². The number of ether oxygens (including phenoxy) is 2. The molecule has 0 aromatic heterocycles. The summed E-state index contributed by atoms with van der Waals surface area (Å²) < 4.78 is 47.6. The summed E-state index contributed by atoms with van der Waals surface area (Å²) in [7, 11) is 1.50. The fourth-order valence-corrected chi connectivity index (χ4v) is 2.04. The van der Waals surface area contributed by atoms with Gasteiger partial charge in [0.1, 0.15) is 11.4 Å². The molecule has 1 rings (SSSR count). The van der Waals surface area contributed by atoms with Gasteiger partial charge in [-0.25, -0.2) is 4.79 Å². The lowest BCUT2D eigenvalue weighted by atomic mass is 10.2. The summed E-state index contributed by atoms with van der Waals surface area (Å²) in [6.07, 6.45) is -5.00. The molecule has 0 radical (unpaired) electrons. The molecule has 0 aliphatic carbocycles. The van der Waals surface area contributed by atoms with Crippen LogP contribution in [-0.2, 0) is 11.3 Å². The number of nitrogens with zero attached hydrogens (tertiary/aromatic N) is 1. The largest absolute Gasteiger partial charge is 0.484 e. The Morgan fingerprint density at radius 2 is 1.87 bits per heavy atom. The van der Waals surface area contributed by atoms with Gasteiger partial charge in [-0.1, -0.05) is 15.9 Å². The molecule has 0 unspecified atom stereocenters. The van der Waals surface area contributed by atoms with Crippen molar-refractivity contribution in [3.63, 3.8) is 0 Å². The smallest absolute Gasteiger partial charge is 0.422 e. The number of hydrogen-bond donors (Lipinski definition) is 0. The summed E-state index contributed by atoms with van der Waals surface area (Å²) in [5.41, 5.74) is -0.213. The van der Waals surface area contributed by atoms with Gasteiger partial charge in [-0.2, -0.15) is 13.2 Å². The van der Waals surface area contributed by atoms with Crippen LogP contribution in [-0.4, -0.2) is 36.4 Å². The van der Waals surface area contributed by atoms with E-state index in [9.17, 15) is 18.0 Å². The first kappa shape index (κ1) is 19.6. The molecule has 8 heteroatoms. The van der Waals surface area contributed by atoms with Crippen LogP contribution in [0.1, 0.15) is 26.3 Å². The normalized spacial score (nSPS) is 12.0. The van der Waals surface area contributed by atoms with Crippen molar-refractivity contribution < 1.29 is 27.4 Å². The first-order valence-corrected chi connectivity index (χ1v) is 7.59. The molecule has 23 heavy (non-hydrogen) atoms. The highest BCUT2D eigenvalue weighted by atomic mass is 79.9. The highest BCUT2D eigenvalue weighted by molar-refractivity contribution is 9.10. The molecule has 0 aliphatic heterocycles. The molecular weight excluding hydrogens is 379 g/mol. The standard InChI is InChI=1S/C15H19BrF3NO3/c1-14(2,3)23-13(21)20(4)8-10-7-11(16)5-6-12(10)22-9-15(17,18)19/h5-7H,8-9H2,1-4H3. The maximum absolute atomic E-state index is 12.3. The van der Waals surface area contributed by atoms with Gasteiger partial charge in [0.15, 0.2) is 6.61 Å². The van der Waals surface area contributed by atoms with Crippen LogP contribution in [0.5, 0.6) is 5.75 Å². The van der Waals surface area contributed by atoms with Gasteiger partial charge in [0, 0.05) is 17.1 Å². The number of carbonyl (C=O) groups excluding carboxylic acids is 1. The van der Waals surface area contributed by atoms with E-state index in [-0.39, 0.29) is 12.3 Å². The number of benzene rings is 1. The highest BCUT2D eigenvalue weighted by Gasteiger charge is 2.29. The van der Waals surface area contributed by atoms with Gasteiger partial charge in [-0.15, -0.1) is 0 Å². The Morgan fingerprint density at radius 1 is 1.26 bits per heavy atom. The second kappa shape index (κ2) is 7.42. The van der Waals surface area contributed by atoms with Gasteiger partial charge in [0.25, 0.3) is 0 Å². The van der Waals surface area contributed by atoms with Crippen LogP contribution in [0.3, 0.4) is 0 Å². The maximum Gasteiger partial charge on any atom is 0.422 e. The number of hydrogen-bond acceptors (Lipinski definition) is 3. The Morgan fingerprint density at radius 3 is 2.39 bits per heavy atom.